The van der Waals surface area contributed by atoms with E-state index in [0.717, 1.165) is 6.54 Å². The molecule has 0 saturated carbocycles. The first-order chi connectivity index (χ1) is 9.76. The fraction of sp³-hybridized carbons (Fsp3) is 0.588. The molecular formula is C17H26N2O2. The minimum Gasteiger partial charge on any atom is -0.444 e. The van der Waals surface area contributed by atoms with Gasteiger partial charge in [0.25, 0.3) is 0 Å². The first-order valence-corrected chi connectivity index (χ1v) is 7.55. The smallest absolute Gasteiger partial charge is 0.410 e. The summed E-state index contributed by atoms with van der Waals surface area (Å²) in [6.07, 6.45) is -0.223. The molecule has 1 amide bonds. The zero-order chi connectivity index (χ0) is 15.6. The first kappa shape index (κ1) is 15.8. The summed E-state index contributed by atoms with van der Waals surface area (Å²) < 4.78 is 5.47. The number of hydrogen-bond donors (Lipinski definition) is 1. The Morgan fingerprint density at radius 1 is 1.33 bits per heavy atom. The summed E-state index contributed by atoms with van der Waals surface area (Å²) in [6, 6.07) is 6.63. The van der Waals surface area contributed by atoms with Crippen molar-refractivity contribution >= 4 is 6.09 Å². The van der Waals surface area contributed by atoms with E-state index in [-0.39, 0.29) is 12.1 Å². The molecule has 1 saturated heterocycles. The Balaban J connectivity index is 2.10. The van der Waals surface area contributed by atoms with Crippen LogP contribution in [0.4, 0.5) is 4.79 Å². The van der Waals surface area contributed by atoms with Crippen molar-refractivity contribution in [3.05, 3.63) is 34.9 Å². The van der Waals surface area contributed by atoms with Crippen LogP contribution in [0.2, 0.25) is 0 Å². The topological polar surface area (TPSA) is 41.6 Å². The average Bonchev–Trinajstić information content (AvgIpc) is 2.40. The Bertz CT molecular complexity index is 520. The van der Waals surface area contributed by atoms with E-state index in [9.17, 15) is 4.79 Å². The van der Waals surface area contributed by atoms with E-state index < -0.39 is 5.60 Å². The highest BCUT2D eigenvalue weighted by atomic mass is 16.6. The van der Waals surface area contributed by atoms with Gasteiger partial charge in [0, 0.05) is 19.6 Å². The zero-order valence-electron chi connectivity index (χ0n) is 13.7. The van der Waals surface area contributed by atoms with Crippen molar-refractivity contribution < 1.29 is 9.53 Å². The second-order valence-corrected chi connectivity index (χ2v) is 6.79. The lowest BCUT2D eigenvalue weighted by atomic mass is 9.97. The number of carbonyl (C=O) groups excluding carboxylic acids is 1. The molecule has 1 atom stereocenters. The molecule has 0 aliphatic carbocycles. The molecule has 4 heteroatoms. The summed E-state index contributed by atoms with van der Waals surface area (Å²) in [5, 5.41) is 3.50. The average molecular weight is 290 g/mol. The van der Waals surface area contributed by atoms with Gasteiger partial charge in [-0.05, 0) is 45.7 Å². The second-order valence-electron chi connectivity index (χ2n) is 6.79. The number of amides is 1. The molecule has 1 N–H and O–H groups in total. The normalized spacial score (nSPS) is 19.5. The van der Waals surface area contributed by atoms with Crippen LogP contribution in [0.5, 0.6) is 0 Å². The van der Waals surface area contributed by atoms with E-state index in [0.29, 0.717) is 13.1 Å². The number of nitrogens with one attached hydrogen (secondary N) is 1. The Morgan fingerprint density at radius 3 is 2.71 bits per heavy atom. The van der Waals surface area contributed by atoms with Crippen LogP contribution in [0.1, 0.15) is 43.5 Å². The highest BCUT2D eigenvalue weighted by molar-refractivity contribution is 5.68. The molecule has 2 rings (SSSR count). The van der Waals surface area contributed by atoms with Gasteiger partial charge in [0.15, 0.2) is 0 Å². The predicted octanol–water partition coefficient (Wildman–Crippen LogP) is 3.18. The molecular weight excluding hydrogens is 264 g/mol. The highest BCUT2D eigenvalue weighted by Crippen LogP contribution is 2.23. The fourth-order valence-electron chi connectivity index (χ4n) is 2.59. The van der Waals surface area contributed by atoms with E-state index >= 15 is 0 Å². The number of carbonyl (C=O) groups is 1. The molecule has 4 nitrogen and oxygen atoms in total. The highest BCUT2D eigenvalue weighted by Gasteiger charge is 2.28. The van der Waals surface area contributed by atoms with Gasteiger partial charge in [0.2, 0.25) is 0 Å². The van der Waals surface area contributed by atoms with Gasteiger partial charge in [0.05, 0.1) is 6.04 Å². The van der Waals surface area contributed by atoms with E-state index in [1.165, 1.54) is 16.7 Å². The summed E-state index contributed by atoms with van der Waals surface area (Å²) in [4.78, 5) is 14.0. The third-order valence-corrected chi connectivity index (χ3v) is 3.64. The number of rotatable bonds is 1. The van der Waals surface area contributed by atoms with Gasteiger partial charge in [-0.15, -0.1) is 0 Å². The van der Waals surface area contributed by atoms with E-state index in [4.69, 9.17) is 4.74 Å². The van der Waals surface area contributed by atoms with Crippen LogP contribution in [0.3, 0.4) is 0 Å². The zero-order valence-corrected chi connectivity index (χ0v) is 13.7. The van der Waals surface area contributed by atoms with Gasteiger partial charge in [0.1, 0.15) is 5.60 Å². The van der Waals surface area contributed by atoms with Crippen LogP contribution in [0, 0.1) is 13.8 Å². The lowest BCUT2D eigenvalue weighted by Crippen LogP contribution is -2.49. The number of nitrogens with zero attached hydrogens (tertiary/aromatic N) is 1. The second kappa shape index (κ2) is 6.06. The van der Waals surface area contributed by atoms with Crippen LogP contribution in [-0.2, 0) is 4.74 Å². The quantitative estimate of drug-likeness (QED) is 0.863. The van der Waals surface area contributed by atoms with E-state index in [2.05, 4.69) is 37.4 Å². The maximum Gasteiger partial charge on any atom is 0.410 e. The molecule has 1 aliphatic rings. The summed E-state index contributed by atoms with van der Waals surface area (Å²) in [6.45, 7) is 12.0. The van der Waals surface area contributed by atoms with E-state index in [1.54, 1.807) is 4.90 Å². The van der Waals surface area contributed by atoms with E-state index in [1.807, 2.05) is 20.8 Å². The van der Waals surface area contributed by atoms with Gasteiger partial charge in [-0.1, -0.05) is 23.8 Å². The molecule has 1 aliphatic heterocycles. The number of benzene rings is 1. The van der Waals surface area contributed by atoms with Crippen LogP contribution in [0.25, 0.3) is 0 Å². The SMILES string of the molecule is Cc1ccc(C)c(C2CN(C(=O)OC(C)(C)C)CCN2)c1. The summed E-state index contributed by atoms with van der Waals surface area (Å²) in [7, 11) is 0. The standard InChI is InChI=1S/C17H26N2O2/c1-12-6-7-13(2)14(10-12)15-11-19(9-8-18-15)16(20)21-17(3,4)5/h6-7,10,15,18H,8-9,11H2,1-5H3. The molecule has 1 fully saturated rings. The Hall–Kier alpha value is -1.55. The van der Waals surface area contributed by atoms with Crippen molar-refractivity contribution in [1.82, 2.24) is 10.2 Å². The number of piperazine rings is 1. The fourth-order valence-corrected chi connectivity index (χ4v) is 2.59. The van der Waals surface area contributed by atoms with Gasteiger partial charge in [-0.25, -0.2) is 4.79 Å². The monoisotopic (exact) mass is 290 g/mol. The molecule has 21 heavy (non-hydrogen) atoms. The molecule has 1 heterocycles. The first-order valence-electron chi connectivity index (χ1n) is 7.55. The Labute approximate surface area is 127 Å². The predicted molar refractivity (Wildman–Crippen MR) is 84.5 cm³/mol. The van der Waals surface area contributed by atoms with Crippen molar-refractivity contribution in [3.63, 3.8) is 0 Å². The van der Waals surface area contributed by atoms with Crippen LogP contribution < -0.4 is 5.32 Å². The minimum atomic E-state index is -0.448. The molecule has 1 aromatic rings. The molecule has 116 valence electrons. The minimum absolute atomic E-state index is 0.172. The molecule has 0 aromatic heterocycles. The maximum absolute atomic E-state index is 12.2. The number of aryl methyl sites for hydroxylation is 2. The van der Waals surface area contributed by atoms with Gasteiger partial charge >= 0.3 is 6.09 Å². The Kier molecular flexibility index (Phi) is 4.57. The van der Waals surface area contributed by atoms with Gasteiger partial charge < -0.3 is 15.0 Å². The summed E-state index contributed by atoms with van der Waals surface area (Å²) in [5.41, 5.74) is 3.32. The van der Waals surface area contributed by atoms with Crippen molar-refractivity contribution in [2.75, 3.05) is 19.6 Å². The van der Waals surface area contributed by atoms with Crippen molar-refractivity contribution in [2.24, 2.45) is 0 Å². The van der Waals surface area contributed by atoms with Crippen molar-refractivity contribution in [3.8, 4) is 0 Å². The van der Waals surface area contributed by atoms with Crippen LogP contribution >= 0.6 is 0 Å². The molecule has 1 aromatic carbocycles. The van der Waals surface area contributed by atoms with Gasteiger partial charge in [-0.2, -0.15) is 0 Å². The molecule has 0 spiro atoms. The van der Waals surface area contributed by atoms with Crippen molar-refractivity contribution in [2.45, 2.75) is 46.3 Å². The third kappa shape index (κ3) is 4.21. The summed E-state index contributed by atoms with van der Waals surface area (Å²) in [5.74, 6) is 0. The third-order valence-electron chi connectivity index (χ3n) is 3.64. The lowest BCUT2D eigenvalue weighted by Gasteiger charge is -2.35. The maximum atomic E-state index is 12.2. The van der Waals surface area contributed by atoms with Crippen LogP contribution in [-0.4, -0.2) is 36.2 Å². The van der Waals surface area contributed by atoms with Gasteiger partial charge in [-0.3, -0.25) is 0 Å². The lowest BCUT2D eigenvalue weighted by molar-refractivity contribution is 0.0195. The molecule has 1 unspecified atom stereocenters. The van der Waals surface area contributed by atoms with Crippen molar-refractivity contribution in [1.29, 1.82) is 0 Å². The number of ether oxygens (including phenoxy) is 1. The molecule has 0 bridgehead atoms. The largest absolute Gasteiger partial charge is 0.444 e. The molecule has 0 radical (unpaired) electrons. The van der Waals surface area contributed by atoms with Crippen LogP contribution in [0.15, 0.2) is 18.2 Å². The summed E-state index contributed by atoms with van der Waals surface area (Å²) >= 11 is 0. The number of hydrogen-bond acceptors (Lipinski definition) is 3. The Morgan fingerprint density at radius 2 is 2.05 bits per heavy atom.